The third kappa shape index (κ3) is 5.72. The van der Waals surface area contributed by atoms with Gasteiger partial charge in [-0.3, -0.25) is 4.79 Å². The van der Waals surface area contributed by atoms with Gasteiger partial charge in [0.2, 0.25) is 0 Å². The van der Waals surface area contributed by atoms with Gasteiger partial charge in [0.25, 0.3) is 0 Å². The summed E-state index contributed by atoms with van der Waals surface area (Å²) >= 11 is 0. The molecule has 12 heteroatoms. The third-order valence-electron chi connectivity index (χ3n) is 9.41. The van der Waals surface area contributed by atoms with Crippen LogP contribution in [0.15, 0.2) is 36.4 Å². The molecule has 4 aliphatic rings. The lowest BCUT2D eigenvalue weighted by atomic mass is 9.72. The maximum atomic E-state index is 12.3. The lowest BCUT2D eigenvalue weighted by Gasteiger charge is -2.37. The Morgan fingerprint density at radius 1 is 0.674 bits per heavy atom. The van der Waals surface area contributed by atoms with Crippen molar-refractivity contribution in [2.75, 3.05) is 19.8 Å². The van der Waals surface area contributed by atoms with Crippen molar-refractivity contribution in [1.82, 2.24) is 0 Å². The third-order valence-corrected chi connectivity index (χ3v) is 9.41. The number of carbonyl (C=O) groups is 1. The second kappa shape index (κ2) is 13.0. The molecule has 3 aliphatic heterocycles. The first-order valence-corrected chi connectivity index (χ1v) is 15.2. The number of cyclic esters (lactones) is 1. The molecule has 0 radical (unpaired) electrons. The van der Waals surface area contributed by atoms with Crippen LogP contribution in [0.5, 0.6) is 0 Å². The minimum atomic E-state index is -1.54. The van der Waals surface area contributed by atoms with Gasteiger partial charge in [0.15, 0.2) is 0 Å². The maximum absolute atomic E-state index is 12.3. The van der Waals surface area contributed by atoms with Crippen molar-refractivity contribution in [2.45, 2.75) is 85.7 Å². The predicted molar refractivity (Wildman–Crippen MR) is 159 cm³/mol. The van der Waals surface area contributed by atoms with Gasteiger partial charge in [0, 0.05) is 23.0 Å². The summed E-state index contributed by atoms with van der Waals surface area (Å²) < 4.78 is 16.5. The van der Waals surface area contributed by atoms with E-state index in [0.717, 1.165) is 22.3 Å². The van der Waals surface area contributed by atoms with Crippen molar-refractivity contribution >= 4 is 5.97 Å². The van der Waals surface area contributed by atoms with Gasteiger partial charge in [0.05, 0.1) is 19.8 Å². The molecule has 10 unspecified atom stereocenters. The number of aliphatic hydroxyl groups is 8. The van der Waals surface area contributed by atoms with E-state index in [4.69, 9.17) is 14.2 Å². The van der Waals surface area contributed by atoms with Crippen LogP contribution < -0.4 is 0 Å². The zero-order valence-corrected chi connectivity index (χ0v) is 24.7. The summed E-state index contributed by atoms with van der Waals surface area (Å²) in [5, 5.41) is 80.3. The topological polar surface area (TPSA) is 207 Å². The molecular formula is C34H36O12. The SMILES string of the molecule is O=C1CCC2(CCO1)c1cc(C#CC3OC(CO)C(O)C(O)C3O)ccc1-c1ccc(C#CC3OC(CO)C(O)C(O)C3O)cc12. The fourth-order valence-corrected chi connectivity index (χ4v) is 6.79. The molecule has 2 aromatic carbocycles. The van der Waals surface area contributed by atoms with E-state index in [1.807, 2.05) is 36.4 Å². The van der Waals surface area contributed by atoms with E-state index in [2.05, 4.69) is 23.7 Å². The van der Waals surface area contributed by atoms with E-state index in [0.29, 0.717) is 24.0 Å². The molecule has 8 N–H and O–H groups in total. The number of aliphatic hydroxyl groups excluding tert-OH is 8. The number of esters is 1. The molecule has 3 heterocycles. The Labute approximate surface area is 264 Å². The average Bonchev–Trinajstić information content (AvgIpc) is 3.16. The summed E-state index contributed by atoms with van der Waals surface area (Å²) in [6.07, 6.45) is -12.3. The molecule has 244 valence electrons. The van der Waals surface area contributed by atoms with Crippen molar-refractivity contribution < 1.29 is 59.9 Å². The molecule has 3 saturated heterocycles. The first-order valence-electron chi connectivity index (χ1n) is 15.2. The van der Waals surface area contributed by atoms with E-state index in [1.54, 1.807) is 0 Å². The molecule has 3 fully saturated rings. The van der Waals surface area contributed by atoms with Gasteiger partial charge in [0.1, 0.15) is 61.0 Å². The summed E-state index contributed by atoms with van der Waals surface area (Å²) in [6.45, 7) is -0.921. The van der Waals surface area contributed by atoms with Crippen molar-refractivity contribution in [1.29, 1.82) is 0 Å². The summed E-state index contributed by atoms with van der Waals surface area (Å²) in [4.78, 5) is 12.3. The van der Waals surface area contributed by atoms with Crippen LogP contribution in [-0.2, 0) is 24.4 Å². The average molecular weight is 637 g/mol. The van der Waals surface area contributed by atoms with Gasteiger partial charge in [-0.05, 0) is 59.4 Å². The smallest absolute Gasteiger partial charge is 0.305 e. The predicted octanol–water partition coefficient (Wildman–Crippen LogP) is -1.93. The highest BCUT2D eigenvalue weighted by Gasteiger charge is 2.46. The number of rotatable bonds is 2. The van der Waals surface area contributed by atoms with Crippen LogP contribution in [-0.4, -0.2) is 128 Å². The van der Waals surface area contributed by atoms with Gasteiger partial charge in [-0.15, -0.1) is 0 Å². The van der Waals surface area contributed by atoms with Crippen molar-refractivity contribution in [2.24, 2.45) is 0 Å². The molecule has 46 heavy (non-hydrogen) atoms. The van der Waals surface area contributed by atoms with Crippen LogP contribution in [0.2, 0.25) is 0 Å². The van der Waals surface area contributed by atoms with E-state index in [1.165, 1.54) is 0 Å². The Kier molecular flexibility index (Phi) is 9.22. The number of carbonyl (C=O) groups excluding carboxylic acids is 1. The Hall–Kier alpha value is -3.37. The second-order valence-electron chi connectivity index (χ2n) is 12.1. The van der Waals surface area contributed by atoms with E-state index >= 15 is 0 Å². The van der Waals surface area contributed by atoms with Crippen LogP contribution in [0.3, 0.4) is 0 Å². The first kappa shape index (κ1) is 32.6. The maximum Gasteiger partial charge on any atom is 0.305 e. The number of benzene rings is 2. The summed E-state index contributed by atoms with van der Waals surface area (Å²) in [5.41, 5.74) is 4.29. The van der Waals surface area contributed by atoms with Crippen LogP contribution in [0.25, 0.3) is 11.1 Å². The Balaban J connectivity index is 1.34. The lowest BCUT2D eigenvalue weighted by Crippen LogP contribution is -2.58. The fraction of sp³-hybridized carbons (Fsp3) is 0.500. The van der Waals surface area contributed by atoms with Crippen LogP contribution in [0.4, 0.5) is 0 Å². The molecular weight excluding hydrogens is 600 g/mol. The molecule has 10 atom stereocenters. The molecule has 6 rings (SSSR count). The van der Waals surface area contributed by atoms with Gasteiger partial charge in [-0.2, -0.15) is 0 Å². The molecule has 0 amide bonds. The van der Waals surface area contributed by atoms with Gasteiger partial charge in [-0.1, -0.05) is 35.8 Å². The quantitative estimate of drug-likeness (QED) is 0.134. The highest BCUT2D eigenvalue weighted by Crippen LogP contribution is 2.54. The summed E-state index contributed by atoms with van der Waals surface area (Å²) in [7, 11) is 0. The van der Waals surface area contributed by atoms with Crippen molar-refractivity contribution in [3.8, 4) is 34.8 Å². The molecule has 1 spiro atoms. The monoisotopic (exact) mass is 636 g/mol. The normalized spacial score (nSPS) is 36.7. The van der Waals surface area contributed by atoms with Crippen molar-refractivity contribution in [3.05, 3.63) is 58.7 Å². The van der Waals surface area contributed by atoms with Crippen LogP contribution in [0.1, 0.15) is 41.5 Å². The molecule has 0 aromatic heterocycles. The summed E-state index contributed by atoms with van der Waals surface area (Å²) in [5.74, 6) is 11.3. The van der Waals surface area contributed by atoms with E-state index < -0.39 is 79.7 Å². The van der Waals surface area contributed by atoms with E-state index in [9.17, 15) is 45.6 Å². The molecule has 1 aliphatic carbocycles. The Bertz CT molecular complexity index is 1490. The molecule has 0 bridgehead atoms. The standard InChI is InChI=1S/C34H36O12/c35-15-25-30(40)32(42)28(38)23(45-25)7-3-17-1-5-19-20-6-2-18(4-8-24-29(39)33(43)31(41)26(16-36)46-24)14-22(20)34(21(19)13-17)10-9-27(37)44-12-11-34/h1-2,5-6,13-14,23-26,28-33,35-36,38-43H,9-12,15-16H2. The largest absolute Gasteiger partial charge is 0.466 e. The number of fused-ring (bicyclic) bond motifs is 5. The highest BCUT2D eigenvalue weighted by atomic mass is 16.6. The van der Waals surface area contributed by atoms with E-state index in [-0.39, 0.29) is 19.0 Å². The number of hydrogen-bond acceptors (Lipinski definition) is 12. The van der Waals surface area contributed by atoms with Crippen molar-refractivity contribution in [3.63, 3.8) is 0 Å². The molecule has 2 aromatic rings. The zero-order chi connectivity index (χ0) is 32.7. The number of hydrogen-bond donors (Lipinski definition) is 8. The fourth-order valence-electron chi connectivity index (χ4n) is 6.79. The summed E-state index contributed by atoms with van der Waals surface area (Å²) in [6, 6.07) is 11.3. The van der Waals surface area contributed by atoms with Gasteiger partial charge >= 0.3 is 5.97 Å². The lowest BCUT2D eigenvalue weighted by molar-refractivity contribution is -0.214. The minimum absolute atomic E-state index is 0.181. The zero-order valence-electron chi connectivity index (χ0n) is 24.7. The highest BCUT2D eigenvalue weighted by molar-refractivity contribution is 5.83. The second-order valence-corrected chi connectivity index (χ2v) is 12.1. The Morgan fingerprint density at radius 2 is 1.15 bits per heavy atom. The van der Waals surface area contributed by atoms with Gasteiger partial charge in [-0.25, -0.2) is 0 Å². The molecule has 0 saturated carbocycles. The van der Waals surface area contributed by atoms with Crippen LogP contribution in [0, 0.1) is 23.7 Å². The number of ether oxygens (including phenoxy) is 3. The van der Waals surface area contributed by atoms with Crippen LogP contribution >= 0.6 is 0 Å². The minimum Gasteiger partial charge on any atom is -0.466 e. The van der Waals surface area contributed by atoms with Gasteiger partial charge < -0.3 is 55.1 Å². The first-order chi connectivity index (χ1) is 22.1. The Morgan fingerprint density at radius 3 is 1.61 bits per heavy atom. The molecule has 12 nitrogen and oxygen atoms in total.